The van der Waals surface area contributed by atoms with Gasteiger partial charge in [-0.25, -0.2) is 23.1 Å². The number of hydrogen-bond acceptors (Lipinski definition) is 15. The van der Waals surface area contributed by atoms with Gasteiger partial charge in [0.05, 0.1) is 36.7 Å². The van der Waals surface area contributed by atoms with Gasteiger partial charge >= 0.3 is 6.18 Å². The van der Waals surface area contributed by atoms with Crippen molar-refractivity contribution < 1.29 is 50.3 Å². The van der Waals surface area contributed by atoms with Crippen LogP contribution >= 0.6 is 0 Å². The quantitative estimate of drug-likeness (QED) is 0.0711. The minimum Gasteiger partial charge on any atom is -0.367 e. The Hall–Kier alpha value is -7.78. The predicted octanol–water partition coefficient (Wildman–Crippen LogP) is 2.96. The first kappa shape index (κ1) is 44.3. The van der Waals surface area contributed by atoms with E-state index < -0.39 is 63.2 Å². The monoisotopic (exact) mass is 900 g/mol. The van der Waals surface area contributed by atoms with Gasteiger partial charge < -0.3 is 20.7 Å². The number of ether oxygens (including phenoxy) is 1. The molecule has 24 heteroatoms. The average Bonchev–Trinajstić information content (AvgIpc) is 3.83. The molecule has 4 N–H and O–H groups in total. The molecule has 330 valence electrons. The number of amides is 5. The third kappa shape index (κ3) is 9.95. The van der Waals surface area contributed by atoms with Crippen LogP contribution in [0.2, 0.25) is 0 Å². The second-order valence-electron chi connectivity index (χ2n) is 14.1. The average molecular weight is 901 g/mol. The molecule has 3 aromatic heterocycles. The number of benzene rings is 2. The van der Waals surface area contributed by atoms with Gasteiger partial charge in [0.15, 0.2) is 5.69 Å². The summed E-state index contributed by atoms with van der Waals surface area (Å²) in [6.07, 6.45) is -0.446. The number of carbonyl (C=O) groups is 5. The molecule has 64 heavy (non-hydrogen) atoms. The maximum atomic E-state index is 13.9. The Labute approximate surface area is 361 Å². The van der Waals surface area contributed by atoms with Gasteiger partial charge in [0.2, 0.25) is 27.8 Å². The van der Waals surface area contributed by atoms with E-state index in [-0.39, 0.29) is 73.3 Å². The minimum absolute atomic E-state index is 0.0000191. The lowest BCUT2D eigenvalue weighted by Gasteiger charge is -2.27. The van der Waals surface area contributed by atoms with E-state index in [1.54, 1.807) is 12.1 Å². The Kier molecular flexibility index (Phi) is 12.7. The van der Waals surface area contributed by atoms with Crippen LogP contribution in [0.3, 0.4) is 0 Å². The third-order valence-electron chi connectivity index (χ3n) is 9.70. The van der Waals surface area contributed by atoms with Crippen molar-refractivity contribution in [3.05, 3.63) is 107 Å². The maximum absolute atomic E-state index is 13.9. The van der Waals surface area contributed by atoms with Crippen molar-refractivity contribution in [1.82, 2.24) is 40.2 Å². The van der Waals surface area contributed by atoms with E-state index in [1.165, 1.54) is 66.6 Å². The third-order valence-corrected chi connectivity index (χ3v) is 10.9. The van der Waals surface area contributed by atoms with Gasteiger partial charge in [0.25, 0.3) is 17.7 Å². The largest absolute Gasteiger partial charge is 0.421 e. The van der Waals surface area contributed by atoms with Crippen LogP contribution in [0, 0.1) is 11.8 Å². The van der Waals surface area contributed by atoms with Crippen LogP contribution in [0.4, 0.5) is 42.1 Å². The molecular weight excluding hydrogens is 866 g/mol. The fraction of sp³-hybridized carbons (Fsp3) is 0.250. The number of nitrogens with zero attached hydrogens (tertiary/aromatic N) is 8. The van der Waals surface area contributed by atoms with E-state index in [2.05, 4.69) is 58.4 Å². The van der Waals surface area contributed by atoms with Crippen LogP contribution in [-0.2, 0) is 43.6 Å². The molecule has 2 aliphatic heterocycles. The lowest BCUT2D eigenvalue weighted by Crippen LogP contribution is -2.54. The molecule has 5 aromatic rings. The van der Waals surface area contributed by atoms with E-state index in [0.717, 1.165) is 15.5 Å². The van der Waals surface area contributed by atoms with E-state index >= 15 is 0 Å². The number of sulfonamides is 1. The second-order valence-corrected chi connectivity index (χ2v) is 16.1. The maximum Gasteiger partial charge on any atom is 0.421 e. The number of fused-ring (bicyclic) bond motifs is 1. The SMILES string of the molecule is CN(c1ncccc1CNc1nc(Nc2ccc(NC(=O)c3cn(CCOCC#Cc4cccc5c4C(=O)N(C4CCC(=O)NC4=O)C5=O)nn3)cc2)ncc1C(F)(F)F)S(C)(=O)=O. The lowest BCUT2D eigenvalue weighted by atomic mass is 10.0. The molecule has 1 saturated heterocycles. The first-order valence-electron chi connectivity index (χ1n) is 19.0. The molecule has 1 fully saturated rings. The molecule has 5 amide bonds. The van der Waals surface area contributed by atoms with Gasteiger partial charge in [-0.05, 0) is 48.9 Å². The smallest absolute Gasteiger partial charge is 0.367 e. The normalized spacial score (nSPS) is 15.0. The van der Waals surface area contributed by atoms with Crippen LogP contribution in [0.15, 0.2) is 73.2 Å². The van der Waals surface area contributed by atoms with Gasteiger partial charge in [0.1, 0.15) is 29.8 Å². The highest BCUT2D eigenvalue weighted by atomic mass is 32.2. The van der Waals surface area contributed by atoms with Gasteiger partial charge in [-0.3, -0.25) is 38.5 Å². The number of piperidine rings is 1. The highest BCUT2D eigenvalue weighted by Crippen LogP contribution is 2.35. The fourth-order valence-corrected chi connectivity index (χ4v) is 6.96. The van der Waals surface area contributed by atoms with Crippen molar-refractivity contribution in [3.8, 4) is 11.8 Å². The van der Waals surface area contributed by atoms with Crippen molar-refractivity contribution in [2.24, 2.45) is 0 Å². The van der Waals surface area contributed by atoms with Crippen molar-refractivity contribution >= 4 is 68.5 Å². The molecule has 1 atom stereocenters. The number of halogens is 3. The van der Waals surface area contributed by atoms with Gasteiger partial charge in [-0.1, -0.05) is 29.2 Å². The molecule has 0 bridgehead atoms. The number of pyridine rings is 1. The molecule has 7 rings (SSSR count). The standard InChI is InChI=1S/C40H35F3N12O8S/c1-53(64(2,61)62)34-24(7-4-16-44-34)20-45-33-28(40(41,42)43)21-46-39(50-33)48-26-12-10-25(11-13-26)47-35(57)29-22-54(52-51-29)17-19-63-18-5-8-23-6-3-9-27-32(23)38(60)55(37(27)59)30-14-15-31(56)49-36(30)58/h3-4,6-7,9-13,16,21-22,30H,14-15,17-20H2,1-2H3,(H,47,57)(H,49,56,58)(H2,45,46,48,50). The van der Waals surface area contributed by atoms with E-state index in [9.17, 15) is 45.6 Å². The summed E-state index contributed by atoms with van der Waals surface area (Å²) in [5.74, 6) is 1.83. The van der Waals surface area contributed by atoms with Gasteiger partial charge in [-0.2, -0.15) is 18.2 Å². The molecule has 1 unspecified atom stereocenters. The van der Waals surface area contributed by atoms with Gasteiger partial charge in [0, 0.05) is 54.9 Å². The summed E-state index contributed by atoms with van der Waals surface area (Å²) >= 11 is 0. The summed E-state index contributed by atoms with van der Waals surface area (Å²) in [4.78, 5) is 75.9. The Morgan fingerprint density at radius 2 is 1.80 bits per heavy atom. The predicted molar refractivity (Wildman–Crippen MR) is 220 cm³/mol. The van der Waals surface area contributed by atoms with Crippen LogP contribution in [0.25, 0.3) is 0 Å². The lowest BCUT2D eigenvalue weighted by molar-refractivity contribution is -0.138. The molecule has 5 heterocycles. The number of aromatic nitrogens is 6. The first-order chi connectivity index (χ1) is 30.5. The van der Waals surface area contributed by atoms with Crippen LogP contribution in [0.5, 0.6) is 0 Å². The molecule has 0 aliphatic carbocycles. The van der Waals surface area contributed by atoms with E-state index in [0.29, 0.717) is 23.1 Å². The van der Waals surface area contributed by atoms with Crippen molar-refractivity contribution in [3.63, 3.8) is 0 Å². The molecule has 0 saturated carbocycles. The van der Waals surface area contributed by atoms with Crippen LogP contribution < -0.4 is 25.6 Å². The summed E-state index contributed by atoms with van der Waals surface area (Å²) in [5.41, 5.74) is 0.313. The number of imide groups is 2. The van der Waals surface area contributed by atoms with Crippen LogP contribution in [0.1, 0.15) is 60.7 Å². The highest BCUT2D eigenvalue weighted by molar-refractivity contribution is 7.92. The molecule has 2 aliphatic rings. The fourth-order valence-electron chi connectivity index (χ4n) is 6.48. The van der Waals surface area contributed by atoms with Crippen LogP contribution in [-0.4, -0.2) is 105 Å². The Bertz CT molecular complexity index is 2850. The highest BCUT2D eigenvalue weighted by Gasteiger charge is 2.45. The molecule has 0 radical (unpaired) electrons. The zero-order valence-electron chi connectivity index (χ0n) is 33.6. The number of alkyl halides is 3. The van der Waals surface area contributed by atoms with Crippen molar-refractivity contribution in [2.75, 3.05) is 46.8 Å². The minimum atomic E-state index is -4.82. The summed E-state index contributed by atoms with van der Waals surface area (Å²) in [6.45, 7) is 0.0124. The summed E-state index contributed by atoms with van der Waals surface area (Å²) in [5, 5.41) is 18.1. The van der Waals surface area contributed by atoms with E-state index in [1.807, 2.05) is 0 Å². The van der Waals surface area contributed by atoms with E-state index in [4.69, 9.17) is 4.74 Å². The Balaban J connectivity index is 0.899. The van der Waals surface area contributed by atoms with Crippen molar-refractivity contribution in [1.29, 1.82) is 0 Å². The summed E-state index contributed by atoms with van der Waals surface area (Å²) in [6, 6.07) is 12.7. The van der Waals surface area contributed by atoms with Gasteiger partial charge in [-0.15, -0.1) is 5.10 Å². The Morgan fingerprint density at radius 1 is 1.03 bits per heavy atom. The number of anilines is 5. The Morgan fingerprint density at radius 3 is 2.53 bits per heavy atom. The number of rotatable bonds is 14. The first-order valence-corrected chi connectivity index (χ1v) is 20.9. The second kappa shape index (κ2) is 18.3. The zero-order chi connectivity index (χ0) is 45.8. The molecule has 2 aromatic carbocycles. The topological polar surface area (TPSA) is 253 Å². The molecular formula is C40H35F3N12O8S. The number of nitrogens with one attached hydrogen (secondary N) is 4. The zero-order valence-corrected chi connectivity index (χ0v) is 34.5. The molecule has 20 nitrogen and oxygen atoms in total. The summed E-state index contributed by atoms with van der Waals surface area (Å²) in [7, 11) is -2.44. The molecule has 0 spiro atoms. The number of carbonyl (C=O) groups excluding carboxylic acids is 5. The van der Waals surface area contributed by atoms with Crippen molar-refractivity contribution in [2.45, 2.75) is 38.1 Å². The number of hydrogen-bond donors (Lipinski definition) is 4. The summed E-state index contributed by atoms with van der Waals surface area (Å²) < 4.78 is 73.7.